The molecular weight excluding hydrogens is 259 g/mol. The standard InChI is InChI=1S/C13H16F3NS/c1-9-7-8-11(13(14,15)16)17-12(9)18-10-5-3-2-4-6-10/h7-8,10H,2-6H2,1H3. The summed E-state index contributed by atoms with van der Waals surface area (Å²) in [6.45, 7) is 1.82. The number of thioether (sulfide) groups is 1. The summed E-state index contributed by atoms with van der Waals surface area (Å²) in [7, 11) is 0. The number of rotatable bonds is 2. The molecule has 0 aromatic carbocycles. The van der Waals surface area contributed by atoms with Crippen LogP contribution in [0.2, 0.25) is 0 Å². The number of hydrogen-bond donors (Lipinski definition) is 0. The van der Waals surface area contributed by atoms with Crippen molar-refractivity contribution in [2.45, 2.75) is 55.5 Å². The average molecular weight is 275 g/mol. The molecular formula is C13H16F3NS. The Kier molecular flexibility index (Phi) is 4.20. The Balaban J connectivity index is 2.15. The van der Waals surface area contributed by atoms with E-state index < -0.39 is 11.9 Å². The zero-order chi connectivity index (χ0) is 13.2. The summed E-state index contributed by atoms with van der Waals surface area (Å²) in [6, 6.07) is 2.57. The van der Waals surface area contributed by atoms with Gasteiger partial charge in [0.2, 0.25) is 0 Å². The molecule has 0 atom stereocenters. The highest BCUT2D eigenvalue weighted by Gasteiger charge is 2.33. The third-order valence-corrected chi connectivity index (χ3v) is 4.61. The molecule has 1 heterocycles. The molecule has 0 saturated heterocycles. The number of hydrogen-bond acceptors (Lipinski definition) is 2. The van der Waals surface area contributed by atoms with Crippen molar-refractivity contribution in [1.29, 1.82) is 0 Å². The maximum Gasteiger partial charge on any atom is 0.433 e. The quantitative estimate of drug-likeness (QED) is 0.766. The lowest BCUT2D eigenvalue weighted by molar-refractivity contribution is -0.141. The minimum Gasteiger partial charge on any atom is -0.237 e. The van der Waals surface area contributed by atoms with Crippen LogP contribution in [-0.2, 0) is 6.18 Å². The lowest BCUT2D eigenvalue weighted by atomic mass is 10.0. The van der Waals surface area contributed by atoms with E-state index in [1.165, 1.54) is 37.1 Å². The summed E-state index contributed by atoms with van der Waals surface area (Å²) >= 11 is 1.51. The van der Waals surface area contributed by atoms with Gasteiger partial charge in [-0.15, -0.1) is 11.8 Å². The van der Waals surface area contributed by atoms with Gasteiger partial charge in [0.1, 0.15) is 5.69 Å². The van der Waals surface area contributed by atoms with Crippen LogP contribution in [0.15, 0.2) is 17.2 Å². The monoisotopic (exact) mass is 275 g/mol. The van der Waals surface area contributed by atoms with E-state index in [-0.39, 0.29) is 0 Å². The zero-order valence-corrected chi connectivity index (χ0v) is 11.1. The number of nitrogens with zero attached hydrogens (tertiary/aromatic N) is 1. The molecule has 100 valence electrons. The van der Waals surface area contributed by atoms with E-state index in [2.05, 4.69) is 4.98 Å². The fourth-order valence-corrected chi connectivity index (χ4v) is 3.42. The van der Waals surface area contributed by atoms with Crippen LogP contribution in [0.4, 0.5) is 13.2 Å². The van der Waals surface area contributed by atoms with Crippen LogP contribution >= 0.6 is 11.8 Å². The second-order valence-corrected chi connectivity index (χ2v) is 5.98. The van der Waals surface area contributed by atoms with Crippen molar-refractivity contribution in [3.05, 3.63) is 23.4 Å². The van der Waals surface area contributed by atoms with Gasteiger partial charge in [-0.3, -0.25) is 0 Å². The number of aryl methyl sites for hydroxylation is 1. The SMILES string of the molecule is Cc1ccc(C(F)(F)F)nc1SC1CCCCC1. The highest BCUT2D eigenvalue weighted by molar-refractivity contribution is 7.99. The molecule has 1 aromatic rings. The predicted octanol–water partition coefficient (Wildman–Crippen LogP) is 4.83. The average Bonchev–Trinajstić information content (AvgIpc) is 2.32. The van der Waals surface area contributed by atoms with Crippen molar-refractivity contribution in [3.8, 4) is 0 Å². The molecule has 0 spiro atoms. The molecule has 0 amide bonds. The number of pyridine rings is 1. The Morgan fingerprint density at radius 1 is 1.17 bits per heavy atom. The zero-order valence-electron chi connectivity index (χ0n) is 10.3. The summed E-state index contributed by atoms with van der Waals surface area (Å²) in [4.78, 5) is 3.78. The third kappa shape index (κ3) is 3.40. The van der Waals surface area contributed by atoms with Gasteiger partial charge in [-0.25, -0.2) is 4.98 Å². The molecule has 1 aliphatic carbocycles. The molecule has 0 unspecified atom stereocenters. The van der Waals surface area contributed by atoms with E-state index >= 15 is 0 Å². The van der Waals surface area contributed by atoms with Gasteiger partial charge in [-0.1, -0.05) is 25.3 Å². The van der Waals surface area contributed by atoms with Crippen LogP contribution in [-0.4, -0.2) is 10.2 Å². The molecule has 18 heavy (non-hydrogen) atoms. The normalized spacial score (nSPS) is 18.0. The number of halogens is 3. The van der Waals surface area contributed by atoms with Gasteiger partial charge >= 0.3 is 6.18 Å². The van der Waals surface area contributed by atoms with Crippen LogP contribution in [0.5, 0.6) is 0 Å². The van der Waals surface area contributed by atoms with Crippen molar-refractivity contribution in [1.82, 2.24) is 4.98 Å². The van der Waals surface area contributed by atoms with Gasteiger partial charge < -0.3 is 0 Å². The van der Waals surface area contributed by atoms with Gasteiger partial charge in [-0.05, 0) is 31.4 Å². The Hall–Kier alpha value is -0.710. The van der Waals surface area contributed by atoms with Crippen LogP contribution in [0.1, 0.15) is 43.4 Å². The first-order valence-corrected chi connectivity index (χ1v) is 7.06. The van der Waals surface area contributed by atoms with Crippen molar-refractivity contribution < 1.29 is 13.2 Å². The van der Waals surface area contributed by atoms with Gasteiger partial charge in [0.05, 0.1) is 5.03 Å². The van der Waals surface area contributed by atoms with E-state index in [0.29, 0.717) is 10.3 Å². The fraction of sp³-hybridized carbons (Fsp3) is 0.615. The van der Waals surface area contributed by atoms with Crippen molar-refractivity contribution in [2.75, 3.05) is 0 Å². The van der Waals surface area contributed by atoms with E-state index in [0.717, 1.165) is 24.5 Å². The molecule has 0 radical (unpaired) electrons. The maximum absolute atomic E-state index is 12.6. The second kappa shape index (κ2) is 5.51. The fourth-order valence-electron chi connectivity index (χ4n) is 2.13. The van der Waals surface area contributed by atoms with E-state index in [1.807, 2.05) is 6.92 Å². The predicted molar refractivity (Wildman–Crippen MR) is 66.7 cm³/mol. The van der Waals surface area contributed by atoms with Gasteiger partial charge in [0.15, 0.2) is 0 Å². The minimum atomic E-state index is -4.35. The van der Waals surface area contributed by atoms with E-state index in [1.54, 1.807) is 0 Å². The summed E-state index contributed by atoms with van der Waals surface area (Å²) < 4.78 is 37.8. The lowest BCUT2D eigenvalue weighted by Gasteiger charge is -2.21. The van der Waals surface area contributed by atoms with Gasteiger partial charge in [-0.2, -0.15) is 13.2 Å². The lowest BCUT2D eigenvalue weighted by Crippen LogP contribution is -2.11. The minimum absolute atomic E-state index is 0.424. The molecule has 1 saturated carbocycles. The largest absolute Gasteiger partial charge is 0.433 e. The topological polar surface area (TPSA) is 12.9 Å². The summed E-state index contributed by atoms with van der Waals surface area (Å²) in [5.41, 5.74) is 0.0463. The van der Waals surface area contributed by atoms with Crippen LogP contribution < -0.4 is 0 Å². The first kappa shape index (κ1) is 13.7. The Morgan fingerprint density at radius 3 is 2.44 bits per heavy atom. The molecule has 5 heteroatoms. The molecule has 1 nitrogen and oxygen atoms in total. The molecule has 2 rings (SSSR count). The third-order valence-electron chi connectivity index (χ3n) is 3.17. The molecule has 1 aromatic heterocycles. The Bertz CT molecular complexity index is 411. The maximum atomic E-state index is 12.6. The summed E-state index contributed by atoms with van der Waals surface area (Å²) in [5, 5.41) is 0.963. The molecule has 0 aliphatic heterocycles. The van der Waals surface area contributed by atoms with Crippen molar-refractivity contribution in [3.63, 3.8) is 0 Å². The van der Waals surface area contributed by atoms with Crippen LogP contribution in [0.25, 0.3) is 0 Å². The molecule has 0 N–H and O–H groups in total. The second-order valence-electron chi connectivity index (χ2n) is 4.69. The Morgan fingerprint density at radius 2 is 1.83 bits per heavy atom. The number of alkyl halides is 3. The first-order valence-electron chi connectivity index (χ1n) is 6.18. The van der Waals surface area contributed by atoms with Crippen LogP contribution in [0, 0.1) is 6.92 Å². The Labute approximate surface area is 109 Å². The van der Waals surface area contributed by atoms with Gasteiger partial charge in [0, 0.05) is 5.25 Å². The number of aromatic nitrogens is 1. The highest BCUT2D eigenvalue weighted by Crippen LogP contribution is 2.36. The van der Waals surface area contributed by atoms with Gasteiger partial charge in [0.25, 0.3) is 0 Å². The van der Waals surface area contributed by atoms with E-state index in [4.69, 9.17) is 0 Å². The molecule has 0 bridgehead atoms. The molecule has 1 aliphatic rings. The van der Waals surface area contributed by atoms with E-state index in [9.17, 15) is 13.2 Å². The highest BCUT2D eigenvalue weighted by atomic mass is 32.2. The summed E-state index contributed by atoms with van der Waals surface area (Å²) in [5.74, 6) is 0. The van der Waals surface area contributed by atoms with Crippen molar-refractivity contribution >= 4 is 11.8 Å². The summed E-state index contributed by atoms with van der Waals surface area (Å²) in [6.07, 6.45) is 1.41. The smallest absolute Gasteiger partial charge is 0.237 e. The van der Waals surface area contributed by atoms with Crippen LogP contribution in [0.3, 0.4) is 0 Å². The first-order chi connectivity index (χ1) is 8.47. The van der Waals surface area contributed by atoms with Crippen molar-refractivity contribution in [2.24, 2.45) is 0 Å². The molecule has 1 fully saturated rings.